The number of hydrogen-bond donors (Lipinski definition) is 2. The van der Waals surface area contributed by atoms with Gasteiger partial charge < -0.3 is 10.1 Å². The molecular weight excluding hydrogens is 333 g/mol. The van der Waals surface area contributed by atoms with E-state index in [0.29, 0.717) is 20.6 Å². The van der Waals surface area contributed by atoms with E-state index < -0.39 is 5.97 Å². The maximum absolute atomic E-state index is 11.1. The summed E-state index contributed by atoms with van der Waals surface area (Å²) in [5.74, 6) is -1.03. The molecule has 0 amide bonds. The van der Waals surface area contributed by atoms with E-state index in [1.807, 2.05) is 0 Å². The standard InChI is InChI=1S/C15H8Cl3NO2/c16-8-1-7(2-9(17)3-8)11-4-10(18)5-13-12(11)6-14(19-13)15(20)21/h1-6,19H,(H,20,21). The summed E-state index contributed by atoms with van der Waals surface area (Å²) in [6.45, 7) is 0. The SMILES string of the molecule is O=C(O)c1cc2c(-c3cc(Cl)cc(Cl)c3)cc(Cl)cc2[nH]1. The topological polar surface area (TPSA) is 53.1 Å². The van der Waals surface area contributed by atoms with Crippen LogP contribution in [0.3, 0.4) is 0 Å². The Kier molecular flexibility index (Phi) is 3.57. The molecule has 21 heavy (non-hydrogen) atoms. The van der Waals surface area contributed by atoms with Crippen LogP contribution in [0.4, 0.5) is 0 Å². The summed E-state index contributed by atoms with van der Waals surface area (Å²) in [6, 6.07) is 10.1. The van der Waals surface area contributed by atoms with Crippen molar-refractivity contribution in [2.75, 3.05) is 0 Å². The van der Waals surface area contributed by atoms with Crippen LogP contribution in [0.5, 0.6) is 0 Å². The van der Waals surface area contributed by atoms with E-state index >= 15 is 0 Å². The fourth-order valence-electron chi connectivity index (χ4n) is 2.27. The third kappa shape index (κ3) is 2.72. The molecule has 0 unspecified atom stereocenters. The molecule has 0 saturated heterocycles. The molecular formula is C15H8Cl3NO2. The molecule has 0 aliphatic heterocycles. The highest BCUT2D eigenvalue weighted by Crippen LogP contribution is 2.35. The van der Waals surface area contributed by atoms with Crippen LogP contribution in [0, 0.1) is 0 Å². The molecule has 2 N–H and O–H groups in total. The summed E-state index contributed by atoms with van der Waals surface area (Å²) >= 11 is 18.2. The van der Waals surface area contributed by atoms with Gasteiger partial charge in [-0.3, -0.25) is 0 Å². The molecule has 0 saturated carbocycles. The number of aromatic amines is 1. The molecule has 1 heterocycles. The number of nitrogens with one attached hydrogen (secondary N) is 1. The van der Waals surface area contributed by atoms with Gasteiger partial charge in [-0.2, -0.15) is 0 Å². The van der Waals surface area contributed by atoms with Gasteiger partial charge in [-0.1, -0.05) is 34.8 Å². The summed E-state index contributed by atoms with van der Waals surface area (Å²) in [7, 11) is 0. The van der Waals surface area contributed by atoms with Crippen molar-refractivity contribution < 1.29 is 9.90 Å². The number of hydrogen-bond acceptors (Lipinski definition) is 1. The molecule has 0 radical (unpaired) electrons. The van der Waals surface area contributed by atoms with Crippen LogP contribution in [-0.2, 0) is 0 Å². The molecule has 3 rings (SSSR count). The summed E-state index contributed by atoms with van der Waals surface area (Å²) in [5.41, 5.74) is 2.29. The largest absolute Gasteiger partial charge is 0.477 e. The van der Waals surface area contributed by atoms with Gasteiger partial charge in [0, 0.05) is 26.0 Å². The number of benzene rings is 2. The molecule has 1 aromatic heterocycles. The third-order valence-electron chi connectivity index (χ3n) is 3.11. The van der Waals surface area contributed by atoms with Gasteiger partial charge >= 0.3 is 5.97 Å². The predicted molar refractivity (Wildman–Crippen MR) is 85.7 cm³/mol. The Morgan fingerprint density at radius 1 is 0.905 bits per heavy atom. The lowest BCUT2D eigenvalue weighted by Crippen LogP contribution is -1.94. The maximum atomic E-state index is 11.1. The monoisotopic (exact) mass is 339 g/mol. The van der Waals surface area contributed by atoms with E-state index in [-0.39, 0.29) is 5.69 Å². The van der Waals surface area contributed by atoms with E-state index in [2.05, 4.69) is 4.98 Å². The Balaban J connectivity index is 2.32. The van der Waals surface area contributed by atoms with Crippen molar-refractivity contribution in [3.8, 4) is 11.1 Å². The highest BCUT2D eigenvalue weighted by molar-refractivity contribution is 6.35. The zero-order valence-electron chi connectivity index (χ0n) is 10.5. The van der Waals surface area contributed by atoms with Crippen LogP contribution < -0.4 is 0 Å². The van der Waals surface area contributed by atoms with Crippen molar-refractivity contribution in [3.05, 3.63) is 57.2 Å². The van der Waals surface area contributed by atoms with Crippen molar-refractivity contribution in [1.29, 1.82) is 0 Å². The smallest absolute Gasteiger partial charge is 0.352 e. The fourth-order valence-corrected chi connectivity index (χ4v) is 3.01. The minimum atomic E-state index is -1.03. The average molecular weight is 341 g/mol. The summed E-state index contributed by atoms with van der Waals surface area (Å²) in [4.78, 5) is 13.9. The van der Waals surface area contributed by atoms with Gasteiger partial charge in [0.25, 0.3) is 0 Å². The summed E-state index contributed by atoms with van der Waals surface area (Å²) < 4.78 is 0. The molecule has 3 nitrogen and oxygen atoms in total. The molecule has 6 heteroatoms. The number of carbonyl (C=O) groups is 1. The highest BCUT2D eigenvalue weighted by atomic mass is 35.5. The first-order chi connectivity index (χ1) is 9.94. The first-order valence-electron chi connectivity index (χ1n) is 5.96. The van der Waals surface area contributed by atoms with Crippen LogP contribution in [0.1, 0.15) is 10.5 Å². The summed E-state index contributed by atoms with van der Waals surface area (Å²) in [5, 5.41) is 11.3. The van der Waals surface area contributed by atoms with E-state index in [1.165, 1.54) is 0 Å². The lowest BCUT2D eigenvalue weighted by Gasteiger charge is -2.06. The third-order valence-corrected chi connectivity index (χ3v) is 3.76. The second kappa shape index (κ2) is 5.26. The van der Waals surface area contributed by atoms with Crippen LogP contribution in [0.2, 0.25) is 15.1 Å². The average Bonchev–Trinajstić information content (AvgIpc) is 2.80. The zero-order valence-corrected chi connectivity index (χ0v) is 12.7. The first-order valence-corrected chi connectivity index (χ1v) is 7.09. The number of halogens is 3. The van der Waals surface area contributed by atoms with Gasteiger partial charge in [0.1, 0.15) is 5.69 Å². The molecule has 0 aliphatic carbocycles. The highest BCUT2D eigenvalue weighted by Gasteiger charge is 2.13. The van der Waals surface area contributed by atoms with Gasteiger partial charge in [-0.05, 0) is 47.5 Å². The van der Waals surface area contributed by atoms with Gasteiger partial charge in [-0.25, -0.2) is 4.79 Å². The maximum Gasteiger partial charge on any atom is 0.352 e. The Morgan fingerprint density at radius 3 is 2.14 bits per heavy atom. The Bertz CT molecular complexity index is 850. The quantitative estimate of drug-likeness (QED) is 0.648. The Labute approximate surface area is 135 Å². The van der Waals surface area contributed by atoms with Crippen molar-refractivity contribution in [1.82, 2.24) is 4.98 Å². The molecule has 0 atom stereocenters. The van der Waals surface area contributed by atoms with Gasteiger partial charge in [0.2, 0.25) is 0 Å². The molecule has 0 spiro atoms. The lowest BCUT2D eigenvalue weighted by atomic mass is 10.0. The normalized spacial score (nSPS) is 11.0. The van der Waals surface area contributed by atoms with Crippen molar-refractivity contribution in [3.63, 3.8) is 0 Å². The second-order valence-corrected chi connectivity index (χ2v) is 5.87. The Hall–Kier alpha value is -1.68. The van der Waals surface area contributed by atoms with Crippen molar-refractivity contribution >= 4 is 51.7 Å². The van der Waals surface area contributed by atoms with Gasteiger partial charge in [0.15, 0.2) is 0 Å². The number of fused-ring (bicyclic) bond motifs is 1. The molecule has 2 aromatic carbocycles. The zero-order chi connectivity index (χ0) is 15.1. The van der Waals surface area contributed by atoms with Gasteiger partial charge in [-0.15, -0.1) is 0 Å². The molecule has 3 aromatic rings. The number of carboxylic acid groups (broad SMARTS) is 1. The van der Waals surface area contributed by atoms with Crippen LogP contribution in [0.15, 0.2) is 36.4 Å². The van der Waals surface area contributed by atoms with E-state index in [0.717, 1.165) is 16.5 Å². The van der Waals surface area contributed by atoms with Crippen LogP contribution >= 0.6 is 34.8 Å². The number of aromatic carboxylic acids is 1. The lowest BCUT2D eigenvalue weighted by molar-refractivity contribution is 0.0691. The second-order valence-electron chi connectivity index (χ2n) is 4.56. The first kappa shape index (κ1) is 14.3. The minimum Gasteiger partial charge on any atom is -0.477 e. The Morgan fingerprint density at radius 2 is 1.52 bits per heavy atom. The molecule has 106 valence electrons. The molecule has 0 fully saturated rings. The van der Waals surface area contributed by atoms with E-state index in [4.69, 9.17) is 39.9 Å². The summed E-state index contributed by atoms with van der Waals surface area (Å²) in [6.07, 6.45) is 0. The molecule has 0 aliphatic rings. The predicted octanol–water partition coefficient (Wildman–Crippen LogP) is 5.49. The minimum absolute atomic E-state index is 0.0987. The number of carboxylic acids is 1. The fraction of sp³-hybridized carbons (Fsp3) is 0. The van der Waals surface area contributed by atoms with Crippen LogP contribution in [-0.4, -0.2) is 16.1 Å². The van der Waals surface area contributed by atoms with Crippen molar-refractivity contribution in [2.45, 2.75) is 0 Å². The number of aromatic nitrogens is 1. The van der Waals surface area contributed by atoms with E-state index in [1.54, 1.807) is 36.4 Å². The van der Waals surface area contributed by atoms with Crippen LogP contribution in [0.25, 0.3) is 22.0 Å². The van der Waals surface area contributed by atoms with Crippen molar-refractivity contribution in [2.24, 2.45) is 0 Å². The number of H-pyrrole nitrogens is 1. The van der Waals surface area contributed by atoms with Gasteiger partial charge in [0.05, 0.1) is 0 Å². The van der Waals surface area contributed by atoms with E-state index in [9.17, 15) is 4.79 Å². The molecule has 0 bridgehead atoms. The number of rotatable bonds is 2.